The number of nitrogens with one attached hydrogen (secondary N) is 1. The first-order valence-electron chi connectivity index (χ1n) is 12.0. The average Bonchev–Trinajstić information content (AvgIpc) is 2.82. The van der Waals surface area contributed by atoms with Crippen molar-refractivity contribution in [3.8, 4) is 0 Å². The molecule has 0 radical (unpaired) electrons. The van der Waals surface area contributed by atoms with Crippen LogP contribution < -0.4 is 5.32 Å². The van der Waals surface area contributed by atoms with Gasteiger partial charge in [-0.15, -0.1) is 6.58 Å². The Labute approximate surface area is 196 Å². The summed E-state index contributed by atoms with van der Waals surface area (Å²) in [5.74, 6) is 0.291. The van der Waals surface area contributed by atoms with Crippen LogP contribution >= 0.6 is 0 Å². The number of piperidine rings is 2. The summed E-state index contributed by atoms with van der Waals surface area (Å²) in [5, 5.41) is 3.14. The van der Waals surface area contributed by atoms with Crippen molar-refractivity contribution in [3.05, 3.63) is 48.3 Å². The Hall–Kier alpha value is -2.61. The van der Waals surface area contributed by atoms with E-state index in [9.17, 15) is 14.0 Å². The summed E-state index contributed by atoms with van der Waals surface area (Å²) in [4.78, 5) is 30.4. The molecule has 3 amide bonds. The van der Waals surface area contributed by atoms with Crippen LogP contribution in [0.3, 0.4) is 0 Å². The van der Waals surface area contributed by atoms with E-state index in [1.807, 2.05) is 23.1 Å². The Bertz CT molecular complexity index is 790. The topological polar surface area (TPSA) is 65.1 Å². The van der Waals surface area contributed by atoms with Crippen LogP contribution in [0.5, 0.6) is 0 Å². The zero-order valence-electron chi connectivity index (χ0n) is 19.7. The van der Waals surface area contributed by atoms with Crippen LogP contribution in [0.15, 0.2) is 36.9 Å². The van der Waals surface area contributed by atoms with Gasteiger partial charge in [0.2, 0.25) is 0 Å². The minimum atomic E-state index is -0.273. The highest BCUT2D eigenvalue weighted by Crippen LogP contribution is 2.21. The van der Waals surface area contributed by atoms with Crippen molar-refractivity contribution in [2.24, 2.45) is 5.92 Å². The van der Waals surface area contributed by atoms with E-state index < -0.39 is 0 Å². The molecule has 0 atom stereocenters. The number of urea groups is 1. The van der Waals surface area contributed by atoms with E-state index in [4.69, 9.17) is 4.74 Å². The highest BCUT2D eigenvalue weighted by Gasteiger charge is 2.28. The lowest BCUT2D eigenvalue weighted by atomic mass is 9.96. The molecule has 182 valence electrons. The third kappa shape index (κ3) is 7.45. The molecule has 8 heteroatoms. The second kappa shape index (κ2) is 12.6. The van der Waals surface area contributed by atoms with Crippen molar-refractivity contribution in [2.45, 2.75) is 45.2 Å². The van der Waals surface area contributed by atoms with Crippen LogP contribution in [-0.2, 0) is 11.3 Å². The molecule has 1 aromatic rings. The maximum Gasteiger partial charge on any atom is 0.409 e. The minimum absolute atomic E-state index is 0.0164. The van der Waals surface area contributed by atoms with Gasteiger partial charge in [-0.25, -0.2) is 14.0 Å². The van der Waals surface area contributed by atoms with Crippen molar-refractivity contribution in [3.63, 3.8) is 0 Å². The van der Waals surface area contributed by atoms with E-state index in [1.165, 1.54) is 6.07 Å². The number of amides is 3. The third-order valence-electron chi connectivity index (χ3n) is 6.51. The summed E-state index contributed by atoms with van der Waals surface area (Å²) >= 11 is 0. The van der Waals surface area contributed by atoms with Crippen LogP contribution in [-0.4, -0.2) is 78.7 Å². The van der Waals surface area contributed by atoms with Gasteiger partial charge in [0.25, 0.3) is 0 Å². The Morgan fingerprint density at radius 3 is 2.45 bits per heavy atom. The van der Waals surface area contributed by atoms with E-state index >= 15 is 0 Å². The van der Waals surface area contributed by atoms with Gasteiger partial charge < -0.3 is 19.9 Å². The smallest absolute Gasteiger partial charge is 0.409 e. The number of hydrogen-bond donors (Lipinski definition) is 1. The van der Waals surface area contributed by atoms with Gasteiger partial charge in [0, 0.05) is 57.4 Å². The van der Waals surface area contributed by atoms with Crippen molar-refractivity contribution >= 4 is 12.1 Å². The molecule has 0 aromatic heterocycles. The maximum absolute atomic E-state index is 14.1. The molecule has 2 aliphatic heterocycles. The fourth-order valence-electron chi connectivity index (χ4n) is 4.62. The molecule has 1 aromatic carbocycles. The SMILES string of the molecule is C=CCN(Cc1ccccc1F)CC1CCN(C(=O)NC2CCN(C(=O)OCC)CC2)CC1. The highest BCUT2D eigenvalue weighted by atomic mass is 19.1. The predicted molar refractivity (Wildman–Crippen MR) is 126 cm³/mol. The molecular formula is C25H37FN4O3. The lowest BCUT2D eigenvalue weighted by molar-refractivity contribution is 0.0944. The first-order chi connectivity index (χ1) is 16.0. The van der Waals surface area contributed by atoms with E-state index in [1.54, 1.807) is 17.9 Å². The molecule has 0 spiro atoms. The minimum Gasteiger partial charge on any atom is -0.450 e. The van der Waals surface area contributed by atoms with Gasteiger partial charge in [-0.3, -0.25) is 4.90 Å². The van der Waals surface area contributed by atoms with E-state index in [0.29, 0.717) is 44.3 Å². The number of nitrogens with zero attached hydrogens (tertiary/aromatic N) is 3. The summed E-state index contributed by atoms with van der Waals surface area (Å²) in [6.45, 7) is 10.8. The number of benzene rings is 1. The van der Waals surface area contributed by atoms with Gasteiger partial charge in [0.15, 0.2) is 0 Å². The van der Waals surface area contributed by atoms with Crippen LogP contribution in [0.1, 0.15) is 38.2 Å². The third-order valence-corrected chi connectivity index (χ3v) is 6.51. The van der Waals surface area contributed by atoms with Crippen molar-refractivity contribution < 1.29 is 18.7 Å². The fourth-order valence-corrected chi connectivity index (χ4v) is 4.62. The van der Waals surface area contributed by atoms with E-state index in [2.05, 4.69) is 16.8 Å². The Kier molecular flexibility index (Phi) is 9.54. The zero-order valence-corrected chi connectivity index (χ0v) is 19.7. The summed E-state index contributed by atoms with van der Waals surface area (Å²) in [6, 6.07) is 6.97. The molecular weight excluding hydrogens is 423 g/mol. The normalized spacial score (nSPS) is 17.8. The second-order valence-electron chi connectivity index (χ2n) is 8.91. The van der Waals surface area contributed by atoms with Gasteiger partial charge in [0.1, 0.15) is 5.82 Å². The quantitative estimate of drug-likeness (QED) is 0.599. The molecule has 7 nitrogen and oxygen atoms in total. The van der Waals surface area contributed by atoms with E-state index in [0.717, 1.165) is 45.3 Å². The Balaban J connectivity index is 1.40. The largest absolute Gasteiger partial charge is 0.450 e. The van der Waals surface area contributed by atoms with Crippen molar-refractivity contribution in [1.82, 2.24) is 20.0 Å². The Morgan fingerprint density at radius 1 is 1.15 bits per heavy atom. The molecule has 0 bridgehead atoms. The maximum atomic E-state index is 14.1. The standard InChI is InChI=1S/C25H37FN4O3/c1-3-13-28(19-21-7-5-6-8-23(21)26)18-20-9-14-29(15-10-20)24(31)27-22-11-16-30(17-12-22)25(32)33-4-2/h3,5-8,20,22H,1,4,9-19H2,2H3,(H,27,31). The van der Waals surface area contributed by atoms with Crippen LogP contribution in [0.25, 0.3) is 0 Å². The lowest BCUT2D eigenvalue weighted by Gasteiger charge is -2.37. The predicted octanol–water partition coefficient (Wildman–Crippen LogP) is 3.86. The summed E-state index contributed by atoms with van der Waals surface area (Å²) in [7, 11) is 0. The molecule has 33 heavy (non-hydrogen) atoms. The zero-order chi connectivity index (χ0) is 23.6. The van der Waals surface area contributed by atoms with Crippen LogP contribution in [0.2, 0.25) is 0 Å². The number of likely N-dealkylation sites (tertiary alicyclic amines) is 2. The van der Waals surface area contributed by atoms with E-state index in [-0.39, 0.29) is 24.0 Å². The van der Waals surface area contributed by atoms with Gasteiger partial charge in [-0.2, -0.15) is 0 Å². The number of ether oxygens (including phenoxy) is 1. The Morgan fingerprint density at radius 2 is 1.82 bits per heavy atom. The molecule has 2 heterocycles. The van der Waals surface area contributed by atoms with Crippen LogP contribution in [0.4, 0.5) is 14.0 Å². The van der Waals surface area contributed by atoms with Gasteiger partial charge in [0.05, 0.1) is 6.61 Å². The monoisotopic (exact) mass is 460 g/mol. The van der Waals surface area contributed by atoms with Gasteiger partial charge >= 0.3 is 12.1 Å². The van der Waals surface area contributed by atoms with Gasteiger partial charge in [-0.1, -0.05) is 24.3 Å². The second-order valence-corrected chi connectivity index (χ2v) is 8.91. The molecule has 0 unspecified atom stereocenters. The lowest BCUT2D eigenvalue weighted by Crippen LogP contribution is -2.52. The van der Waals surface area contributed by atoms with Crippen molar-refractivity contribution in [2.75, 3.05) is 45.9 Å². The molecule has 2 aliphatic rings. The molecule has 0 aliphatic carbocycles. The molecule has 3 rings (SSSR count). The van der Waals surface area contributed by atoms with Crippen LogP contribution in [0, 0.1) is 11.7 Å². The first kappa shape index (κ1) is 25.0. The average molecular weight is 461 g/mol. The summed E-state index contributed by atoms with van der Waals surface area (Å²) in [5.41, 5.74) is 0.699. The summed E-state index contributed by atoms with van der Waals surface area (Å²) in [6.07, 6.45) is 4.93. The molecule has 2 fully saturated rings. The fraction of sp³-hybridized carbons (Fsp3) is 0.600. The molecule has 0 saturated carbocycles. The molecule has 2 saturated heterocycles. The van der Waals surface area contributed by atoms with Crippen molar-refractivity contribution in [1.29, 1.82) is 0 Å². The number of halogens is 1. The highest BCUT2D eigenvalue weighted by molar-refractivity contribution is 5.74. The number of rotatable bonds is 8. The number of carbonyl (C=O) groups excluding carboxylic acids is 2. The number of carbonyl (C=O) groups is 2. The molecule has 1 N–H and O–H groups in total. The first-order valence-corrected chi connectivity index (χ1v) is 12.0. The summed E-state index contributed by atoms with van der Waals surface area (Å²) < 4.78 is 19.1. The van der Waals surface area contributed by atoms with Gasteiger partial charge in [-0.05, 0) is 44.6 Å². The number of hydrogen-bond acceptors (Lipinski definition) is 4.